The van der Waals surface area contributed by atoms with E-state index in [9.17, 15) is 14.7 Å². The lowest BCUT2D eigenvalue weighted by atomic mass is 9.94. The summed E-state index contributed by atoms with van der Waals surface area (Å²) in [4.78, 5) is 28.2. The molecule has 1 saturated carbocycles. The molecule has 36 heavy (non-hydrogen) atoms. The van der Waals surface area contributed by atoms with E-state index in [2.05, 4.69) is 15.4 Å². The number of hydrogen-bond donors (Lipinski definition) is 2. The molecule has 5 rings (SSSR count). The summed E-state index contributed by atoms with van der Waals surface area (Å²) in [6.45, 7) is 1.74. The highest BCUT2D eigenvalue weighted by molar-refractivity contribution is 6.31. The molecular weight excluding hydrogens is 480 g/mol. The first-order valence-electron chi connectivity index (χ1n) is 11.4. The Balaban J connectivity index is 1.27. The molecule has 1 heterocycles. The normalized spacial score (nSPS) is 14.6. The van der Waals surface area contributed by atoms with Gasteiger partial charge in [-0.3, -0.25) is 10.1 Å². The third-order valence-electron chi connectivity index (χ3n) is 6.43. The van der Waals surface area contributed by atoms with Crippen LogP contribution in [0.15, 0.2) is 79.1 Å². The summed E-state index contributed by atoms with van der Waals surface area (Å²) >= 11 is 6.19. The lowest BCUT2D eigenvalue weighted by molar-refractivity contribution is -0.140. The molecule has 2 N–H and O–H groups in total. The first kappa shape index (κ1) is 23.6. The molecule has 8 nitrogen and oxygen atoms in total. The van der Waals surface area contributed by atoms with Crippen molar-refractivity contribution in [2.75, 3.05) is 5.32 Å². The van der Waals surface area contributed by atoms with E-state index in [0.29, 0.717) is 29.1 Å². The highest BCUT2D eigenvalue weighted by Crippen LogP contribution is 2.48. The predicted octanol–water partition coefficient (Wildman–Crippen LogP) is 6.01. The molecule has 4 aromatic rings. The van der Waals surface area contributed by atoms with Gasteiger partial charge in [0.15, 0.2) is 0 Å². The largest absolute Gasteiger partial charge is 0.481 e. The molecule has 1 fully saturated rings. The third-order valence-corrected chi connectivity index (χ3v) is 6.77. The summed E-state index contributed by atoms with van der Waals surface area (Å²) in [6, 6.07) is 22.4. The maximum atomic E-state index is 12.5. The van der Waals surface area contributed by atoms with Crippen LogP contribution >= 0.6 is 11.6 Å². The Morgan fingerprint density at radius 3 is 2.28 bits per heavy atom. The van der Waals surface area contributed by atoms with Crippen molar-refractivity contribution in [2.45, 2.75) is 31.3 Å². The van der Waals surface area contributed by atoms with Crippen molar-refractivity contribution in [1.82, 2.24) is 14.8 Å². The fraction of sp³-hybridized carbons (Fsp3) is 0.185. The van der Waals surface area contributed by atoms with Crippen molar-refractivity contribution >= 4 is 29.6 Å². The predicted molar refractivity (Wildman–Crippen MR) is 135 cm³/mol. The number of benzene rings is 3. The van der Waals surface area contributed by atoms with E-state index in [1.165, 1.54) is 11.0 Å². The van der Waals surface area contributed by atoms with E-state index in [4.69, 9.17) is 16.3 Å². The molecule has 1 amide bonds. The molecule has 0 radical (unpaired) electrons. The smallest absolute Gasteiger partial charge is 0.414 e. The summed E-state index contributed by atoms with van der Waals surface area (Å²) in [5, 5.41) is 16.9. The number of carboxylic acids is 1. The van der Waals surface area contributed by atoms with Crippen LogP contribution in [-0.2, 0) is 14.9 Å². The van der Waals surface area contributed by atoms with Gasteiger partial charge in [-0.15, -0.1) is 0 Å². The number of aromatic nitrogens is 3. The highest BCUT2D eigenvalue weighted by atomic mass is 35.5. The van der Waals surface area contributed by atoms with Gasteiger partial charge in [0.25, 0.3) is 0 Å². The van der Waals surface area contributed by atoms with E-state index in [-0.39, 0.29) is 5.95 Å². The molecule has 0 aliphatic heterocycles. The van der Waals surface area contributed by atoms with Crippen molar-refractivity contribution in [1.29, 1.82) is 0 Å². The van der Waals surface area contributed by atoms with Crippen LogP contribution in [-0.4, -0.2) is 31.9 Å². The highest BCUT2D eigenvalue weighted by Gasteiger charge is 2.51. The van der Waals surface area contributed by atoms with Crippen LogP contribution < -0.4 is 5.32 Å². The Morgan fingerprint density at radius 2 is 1.67 bits per heavy atom. The third kappa shape index (κ3) is 4.55. The molecular formula is C27H23ClN4O4. The molecule has 0 saturated heterocycles. The Morgan fingerprint density at radius 1 is 1.03 bits per heavy atom. The van der Waals surface area contributed by atoms with Gasteiger partial charge in [-0.1, -0.05) is 66.2 Å². The summed E-state index contributed by atoms with van der Waals surface area (Å²) in [5.74, 6) is -0.550. The second kappa shape index (κ2) is 9.47. The molecule has 182 valence electrons. The van der Waals surface area contributed by atoms with Crippen LogP contribution in [0.3, 0.4) is 0 Å². The molecule has 0 spiro atoms. The van der Waals surface area contributed by atoms with Crippen LogP contribution in [0.5, 0.6) is 0 Å². The number of rotatable bonds is 7. The lowest BCUT2D eigenvalue weighted by Crippen LogP contribution is -2.19. The second-order valence-electron chi connectivity index (χ2n) is 8.70. The number of halogens is 1. The van der Waals surface area contributed by atoms with Gasteiger partial charge >= 0.3 is 12.1 Å². The number of anilines is 1. The lowest BCUT2D eigenvalue weighted by Gasteiger charge is -2.15. The number of aliphatic carboxylic acids is 1. The summed E-state index contributed by atoms with van der Waals surface area (Å²) < 4.78 is 6.96. The number of nitrogens with zero attached hydrogens (tertiary/aromatic N) is 3. The van der Waals surface area contributed by atoms with Crippen LogP contribution in [0.4, 0.5) is 10.7 Å². The Bertz CT molecular complexity index is 1410. The molecule has 0 bridgehead atoms. The zero-order valence-corrected chi connectivity index (χ0v) is 20.1. The van der Waals surface area contributed by atoms with Gasteiger partial charge in [0.1, 0.15) is 12.4 Å². The topological polar surface area (TPSA) is 106 Å². The first-order chi connectivity index (χ1) is 17.4. The zero-order valence-electron chi connectivity index (χ0n) is 19.4. The Hall–Kier alpha value is -4.17. The van der Waals surface area contributed by atoms with E-state index in [1.807, 2.05) is 60.7 Å². The average Bonchev–Trinajstić information content (AvgIpc) is 3.58. The number of nitrogens with one attached hydrogen (secondary N) is 1. The van der Waals surface area contributed by atoms with Gasteiger partial charge in [-0.2, -0.15) is 14.8 Å². The van der Waals surface area contributed by atoms with E-state index >= 15 is 0 Å². The minimum atomic E-state index is -0.765. The number of carboxylic acid groups (broad SMARTS) is 1. The molecule has 3 aromatic carbocycles. The molecule has 9 heteroatoms. The number of hydrogen-bond acceptors (Lipinski definition) is 5. The molecule has 1 aliphatic carbocycles. The Labute approximate surface area is 212 Å². The number of amides is 1. The monoisotopic (exact) mass is 502 g/mol. The minimum Gasteiger partial charge on any atom is -0.481 e. The Kier molecular flexibility index (Phi) is 6.20. The van der Waals surface area contributed by atoms with E-state index in [0.717, 1.165) is 16.7 Å². The van der Waals surface area contributed by atoms with Crippen molar-refractivity contribution in [2.24, 2.45) is 0 Å². The SMILES string of the molecule is CC(OC(=O)Nc1ncnn1-c1ccc(-c2ccc(C3(C(=O)O)CC3)cc2)cc1)c1ccccc1Cl. The van der Waals surface area contributed by atoms with Crippen LogP contribution in [0.25, 0.3) is 16.8 Å². The number of ether oxygens (including phenoxy) is 1. The van der Waals surface area contributed by atoms with Crippen molar-refractivity contribution in [3.05, 3.63) is 95.3 Å². The fourth-order valence-corrected chi connectivity index (χ4v) is 4.48. The first-order valence-corrected chi connectivity index (χ1v) is 11.8. The molecule has 1 atom stereocenters. The summed E-state index contributed by atoms with van der Waals surface area (Å²) in [7, 11) is 0. The standard InChI is InChI=1S/C27H23ClN4O4/c1-17(22-4-2-3-5-23(22)28)36-26(35)31-25-29-16-30-32(25)21-12-8-19(9-13-21)18-6-10-20(11-7-18)27(14-15-27)24(33)34/h2-13,16-17H,14-15H2,1H3,(H,33,34)(H,29,30,31,35). The van der Waals surface area contributed by atoms with Gasteiger partial charge in [-0.25, -0.2) is 4.79 Å². The zero-order chi connectivity index (χ0) is 25.3. The van der Waals surface area contributed by atoms with Gasteiger partial charge in [0, 0.05) is 10.6 Å². The fourth-order valence-electron chi connectivity index (χ4n) is 4.19. The van der Waals surface area contributed by atoms with Crippen LogP contribution in [0, 0.1) is 0 Å². The van der Waals surface area contributed by atoms with Crippen molar-refractivity contribution in [3.8, 4) is 16.8 Å². The minimum absolute atomic E-state index is 0.215. The quantitative estimate of drug-likeness (QED) is 0.320. The van der Waals surface area contributed by atoms with Crippen molar-refractivity contribution < 1.29 is 19.4 Å². The summed E-state index contributed by atoms with van der Waals surface area (Å²) in [6.07, 6.45) is 1.47. The molecule has 1 unspecified atom stereocenters. The van der Waals surface area contributed by atoms with Gasteiger partial charge in [-0.05, 0) is 54.7 Å². The van der Waals surface area contributed by atoms with Gasteiger partial charge in [0.2, 0.25) is 5.95 Å². The molecule has 1 aromatic heterocycles. The number of carbonyl (C=O) groups is 2. The van der Waals surface area contributed by atoms with E-state index < -0.39 is 23.6 Å². The van der Waals surface area contributed by atoms with Gasteiger partial charge in [0.05, 0.1) is 11.1 Å². The van der Waals surface area contributed by atoms with E-state index in [1.54, 1.807) is 19.1 Å². The molecule has 1 aliphatic rings. The summed E-state index contributed by atoms with van der Waals surface area (Å²) in [5.41, 5.74) is 3.46. The van der Waals surface area contributed by atoms with Crippen molar-refractivity contribution in [3.63, 3.8) is 0 Å². The number of carbonyl (C=O) groups excluding carboxylic acids is 1. The van der Waals surface area contributed by atoms with Gasteiger partial charge < -0.3 is 9.84 Å². The maximum Gasteiger partial charge on any atom is 0.414 e. The second-order valence-corrected chi connectivity index (χ2v) is 9.11. The average molecular weight is 503 g/mol. The van der Waals surface area contributed by atoms with Crippen LogP contribution in [0.1, 0.15) is 37.0 Å². The van der Waals surface area contributed by atoms with Crippen LogP contribution in [0.2, 0.25) is 5.02 Å². The maximum absolute atomic E-state index is 12.5.